The van der Waals surface area contributed by atoms with Crippen LogP contribution in [0.3, 0.4) is 0 Å². The van der Waals surface area contributed by atoms with Crippen molar-refractivity contribution in [3.05, 3.63) is 47.7 Å². The molecule has 144 valence electrons. The number of carbonyl (C=O) groups excluding carboxylic acids is 1. The number of nitrogens with zero attached hydrogens (tertiary/aromatic N) is 4. The van der Waals surface area contributed by atoms with Crippen molar-refractivity contribution in [3.63, 3.8) is 0 Å². The molecule has 0 saturated carbocycles. The molecule has 3 rings (SSSR count). The van der Waals surface area contributed by atoms with Crippen LogP contribution in [0.2, 0.25) is 0 Å². The number of rotatable bonds is 7. The van der Waals surface area contributed by atoms with Gasteiger partial charge in [0.25, 0.3) is 5.91 Å². The van der Waals surface area contributed by atoms with Crippen molar-refractivity contribution in [2.45, 2.75) is 13.3 Å². The van der Waals surface area contributed by atoms with Crippen LogP contribution in [0.1, 0.15) is 23.0 Å². The minimum atomic E-state index is -0.0428. The van der Waals surface area contributed by atoms with E-state index in [0.29, 0.717) is 18.1 Å². The first-order valence-corrected chi connectivity index (χ1v) is 9.42. The lowest BCUT2D eigenvalue weighted by atomic mass is 10.1. The summed E-state index contributed by atoms with van der Waals surface area (Å²) in [7, 11) is 1.68. The molecule has 1 fully saturated rings. The first-order chi connectivity index (χ1) is 13.2. The zero-order chi connectivity index (χ0) is 19.1. The van der Waals surface area contributed by atoms with Crippen molar-refractivity contribution < 1.29 is 9.53 Å². The second kappa shape index (κ2) is 9.32. The van der Waals surface area contributed by atoms with Crippen LogP contribution in [0.25, 0.3) is 0 Å². The Morgan fingerprint density at radius 2 is 1.89 bits per heavy atom. The van der Waals surface area contributed by atoms with Crippen molar-refractivity contribution in [2.75, 3.05) is 51.7 Å². The van der Waals surface area contributed by atoms with Gasteiger partial charge in [-0.05, 0) is 36.7 Å². The molecule has 1 N–H and O–H groups in total. The summed E-state index contributed by atoms with van der Waals surface area (Å²) in [5, 5.41) is 11.5. The van der Waals surface area contributed by atoms with Gasteiger partial charge in [0.1, 0.15) is 11.6 Å². The molecule has 2 aromatic rings. The molecular weight excluding hydrogens is 342 g/mol. The Labute approximate surface area is 160 Å². The van der Waals surface area contributed by atoms with Crippen molar-refractivity contribution in [3.8, 4) is 5.75 Å². The fourth-order valence-corrected chi connectivity index (χ4v) is 3.20. The molecule has 7 heteroatoms. The second-order valence-electron chi connectivity index (χ2n) is 6.52. The van der Waals surface area contributed by atoms with E-state index in [1.54, 1.807) is 13.2 Å². The quantitative estimate of drug-likeness (QED) is 0.804. The molecule has 7 nitrogen and oxygen atoms in total. The molecule has 1 aromatic carbocycles. The van der Waals surface area contributed by atoms with Crippen LogP contribution in [0.4, 0.5) is 5.82 Å². The number of likely N-dealkylation sites (N-methyl/N-ethyl adjacent to an activating group) is 1. The normalized spacial score (nSPS) is 14.8. The van der Waals surface area contributed by atoms with E-state index >= 15 is 0 Å². The largest absolute Gasteiger partial charge is 0.496 e. The van der Waals surface area contributed by atoms with Crippen LogP contribution < -0.4 is 10.1 Å². The smallest absolute Gasteiger partial charge is 0.274 e. The number of anilines is 1. The maximum absolute atomic E-state index is 12.5. The van der Waals surface area contributed by atoms with Gasteiger partial charge in [0, 0.05) is 32.7 Å². The summed E-state index contributed by atoms with van der Waals surface area (Å²) in [6.45, 7) is 7.19. The Kier molecular flexibility index (Phi) is 6.59. The van der Waals surface area contributed by atoms with Crippen LogP contribution in [-0.2, 0) is 6.42 Å². The summed E-state index contributed by atoms with van der Waals surface area (Å²) in [4.78, 5) is 16.7. The standard InChI is InChI=1S/C20H27N5O2/c1-3-24-12-14-25(15-13-24)20(26)17-8-9-19(23-22-17)21-11-10-16-6-4-5-7-18(16)27-2/h4-9H,3,10-15H2,1-2H3,(H,21,23). The number of ether oxygens (including phenoxy) is 1. The number of para-hydroxylation sites is 1. The summed E-state index contributed by atoms with van der Waals surface area (Å²) in [6.07, 6.45) is 0.814. The second-order valence-corrected chi connectivity index (χ2v) is 6.52. The predicted octanol–water partition coefficient (Wildman–Crippen LogP) is 1.92. The Morgan fingerprint density at radius 1 is 1.11 bits per heavy atom. The molecule has 2 heterocycles. The minimum absolute atomic E-state index is 0.0428. The monoisotopic (exact) mass is 369 g/mol. The van der Waals surface area contributed by atoms with Gasteiger partial charge < -0.3 is 19.9 Å². The van der Waals surface area contributed by atoms with Crippen molar-refractivity contribution in [2.24, 2.45) is 0 Å². The van der Waals surface area contributed by atoms with Crippen molar-refractivity contribution in [1.82, 2.24) is 20.0 Å². The molecule has 1 amide bonds. The summed E-state index contributed by atoms with van der Waals surface area (Å²) in [5.41, 5.74) is 1.54. The molecule has 0 bridgehead atoms. The van der Waals surface area contributed by atoms with Crippen LogP contribution in [0.5, 0.6) is 5.75 Å². The zero-order valence-electron chi connectivity index (χ0n) is 16.0. The van der Waals surface area contributed by atoms with E-state index in [9.17, 15) is 4.79 Å². The number of nitrogens with one attached hydrogen (secondary N) is 1. The zero-order valence-corrected chi connectivity index (χ0v) is 16.0. The Hall–Kier alpha value is -2.67. The third-order valence-corrected chi connectivity index (χ3v) is 4.88. The van der Waals surface area contributed by atoms with Gasteiger partial charge in [-0.15, -0.1) is 10.2 Å². The van der Waals surface area contributed by atoms with E-state index in [2.05, 4.69) is 27.3 Å². The Bertz CT molecular complexity index is 742. The molecule has 0 spiro atoms. The van der Waals surface area contributed by atoms with E-state index < -0.39 is 0 Å². The Balaban J connectivity index is 1.50. The topological polar surface area (TPSA) is 70.6 Å². The molecule has 1 aliphatic rings. The lowest BCUT2D eigenvalue weighted by molar-refractivity contribution is 0.0636. The van der Waals surface area contributed by atoms with Crippen molar-refractivity contribution in [1.29, 1.82) is 0 Å². The summed E-state index contributed by atoms with van der Waals surface area (Å²) in [6, 6.07) is 11.5. The lowest BCUT2D eigenvalue weighted by Crippen LogP contribution is -2.48. The number of hydrogen-bond donors (Lipinski definition) is 1. The van der Waals surface area contributed by atoms with Gasteiger partial charge in [0.15, 0.2) is 5.69 Å². The van der Waals surface area contributed by atoms with Gasteiger partial charge in [-0.1, -0.05) is 25.1 Å². The molecular formula is C20H27N5O2. The molecule has 1 aliphatic heterocycles. The first kappa shape index (κ1) is 19.1. The van der Waals surface area contributed by atoms with Crippen LogP contribution in [0.15, 0.2) is 36.4 Å². The highest BCUT2D eigenvalue weighted by atomic mass is 16.5. The fraction of sp³-hybridized carbons (Fsp3) is 0.450. The van der Waals surface area contributed by atoms with Crippen LogP contribution in [-0.4, -0.2) is 72.3 Å². The maximum Gasteiger partial charge on any atom is 0.274 e. The number of hydrogen-bond acceptors (Lipinski definition) is 6. The van der Waals surface area contributed by atoms with Gasteiger partial charge in [-0.3, -0.25) is 4.79 Å². The van der Waals surface area contributed by atoms with Gasteiger partial charge >= 0.3 is 0 Å². The fourth-order valence-electron chi connectivity index (χ4n) is 3.20. The number of benzene rings is 1. The number of amides is 1. The van der Waals surface area contributed by atoms with E-state index in [1.807, 2.05) is 35.2 Å². The number of piperazine rings is 1. The SMILES string of the molecule is CCN1CCN(C(=O)c2ccc(NCCc3ccccc3OC)nn2)CC1. The molecule has 1 aromatic heterocycles. The maximum atomic E-state index is 12.5. The summed E-state index contributed by atoms with van der Waals surface area (Å²) >= 11 is 0. The molecule has 1 saturated heterocycles. The number of aromatic nitrogens is 2. The highest BCUT2D eigenvalue weighted by Gasteiger charge is 2.22. The number of carbonyl (C=O) groups is 1. The molecule has 0 unspecified atom stereocenters. The number of methoxy groups -OCH3 is 1. The third kappa shape index (κ3) is 4.95. The average molecular weight is 369 g/mol. The van der Waals surface area contributed by atoms with Gasteiger partial charge in [-0.2, -0.15) is 0 Å². The lowest BCUT2D eigenvalue weighted by Gasteiger charge is -2.33. The molecule has 0 aliphatic carbocycles. The third-order valence-electron chi connectivity index (χ3n) is 4.88. The van der Waals surface area contributed by atoms with E-state index in [4.69, 9.17) is 4.74 Å². The van der Waals surface area contributed by atoms with E-state index in [-0.39, 0.29) is 5.91 Å². The average Bonchev–Trinajstić information content (AvgIpc) is 2.74. The summed E-state index contributed by atoms with van der Waals surface area (Å²) in [5.74, 6) is 1.51. The van der Waals surface area contributed by atoms with Gasteiger partial charge in [0.2, 0.25) is 0 Å². The molecule has 27 heavy (non-hydrogen) atoms. The van der Waals surface area contributed by atoms with Gasteiger partial charge in [-0.25, -0.2) is 0 Å². The molecule has 0 radical (unpaired) electrons. The highest BCUT2D eigenvalue weighted by molar-refractivity contribution is 5.92. The van der Waals surface area contributed by atoms with Crippen molar-refractivity contribution >= 4 is 11.7 Å². The highest BCUT2D eigenvalue weighted by Crippen LogP contribution is 2.17. The first-order valence-electron chi connectivity index (χ1n) is 9.42. The van der Waals surface area contributed by atoms with E-state index in [0.717, 1.165) is 50.5 Å². The Morgan fingerprint density at radius 3 is 2.56 bits per heavy atom. The molecule has 0 atom stereocenters. The van der Waals surface area contributed by atoms with Crippen LogP contribution in [0, 0.1) is 0 Å². The minimum Gasteiger partial charge on any atom is -0.496 e. The summed E-state index contributed by atoms with van der Waals surface area (Å²) < 4.78 is 5.36. The van der Waals surface area contributed by atoms with Crippen LogP contribution >= 0.6 is 0 Å². The van der Waals surface area contributed by atoms with Gasteiger partial charge in [0.05, 0.1) is 7.11 Å². The predicted molar refractivity (Wildman–Crippen MR) is 105 cm³/mol. The van der Waals surface area contributed by atoms with E-state index in [1.165, 1.54) is 0 Å².